The molecule has 0 saturated heterocycles. The summed E-state index contributed by atoms with van der Waals surface area (Å²) in [4.78, 5) is 11.4. The average molecular weight is 245 g/mol. The van der Waals surface area contributed by atoms with E-state index in [9.17, 15) is 4.79 Å². The molecule has 0 bridgehead atoms. The number of halogens is 2. The molecule has 0 unspecified atom stereocenters. The molecule has 0 fully saturated rings. The number of carbonyl (C=O) groups excluding carboxylic acids is 1. The summed E-state index contributed by atoms with van der Waals surface area (Å²) < 4.78 is 4.64. The van der Waals surface area contributed by atoms with Gasteiger partial charge in [-0.2, -0.15) is 0 Å². The van der Waals surface area contributed by atoms with Gasteiger partial charge < -0.3 is 4.74 Å². The van der Waals surface area contributed by atoms with Gasteiger partial charge in [0.05, 0.1) is 12.7 Å². The van der Waals surface area contributed by atoms with Crippen LogP contribution >= 0.6 is 23.2 Å². The van der Waals surface area contributed by atoms with E-state index in [1.165, 1.54) is 7.11 Å². The maximum atomic E-state index is 11.4. The van der Waals surface area contributed by atoms with Gasteiger partial charge in [0.2, 0.25) is 0 Å². The van der Waals surface area contributed by atoms with E-state index in [1.807, 2.05) is 0 Å². The summed E-state index contributed by atoms with van der Waals surface area (Å²) in [6.45, 7) is 3.58. The van der Waals surface area contributed by atoms with Gasteiger partial charge in [0.25, 0.3) is 0 Å². The van der Waals surface area contributed by atoms with Crippen LogP contribution in [0.1, 0.15) is 15.9 Å². The molecule has 4 heteroatoms. The molecular weight excluding hydrogens is 235 g/mol. The summed E-state index contributed by atoms with van der Waals surface area (Å²) in [6.07, 6.45) is 0.395. The lowest BCUT2D eigenvalue weighted by Crippen LogP contribution is -2.05. The number of carbonyl (C=O) groups is 1. The van der Waals surface area contributed by atoms with E-state index >= 15 is 0 Å². The SMILES string of the molecule is C=C(Cl)Cc1cc(Cl)ccc1C(=O)OC. The Morgan fingerprint density at radius 1 is 1.53 bits per heavy atom. The van der Waals surface area contributed by atoms with Crippen LogP contribution in [0.4, 0.5) is 0 Å². The zero-order valence-electron chi connectivity index (χ0n) is 8.22. The molecule has 1 rings (SSSR count). The highest BCUT2D eigenvalue weighted by Gasteiger charge is 2.12. The molecule has 0 radical (unpaired) electrons. The molecule has 0 N–H and O–H groups in total. The van der Waals surface area contributed by atoms with E-state index < -0.39 is 5.97 Å². The Morgan fingerprint density at radius 3 is 2.73 bits per heavy atom. The molecule has 0 aliphatic rings. The van der Waals surface area contributed by atoms with Crippen LogP contribution in [0.3, 0.4) is 0 Å². The molecule has 0 aliphatic heterocycles. The fraction of sp³-hybridized carbons (Fsp3) is 0.182. The minimum atomic E-state index is -0.403. The molecule has 15 heavy (non-hydrogen) atoms. The normalized spacial score (nSPS) is 9.80. The quantitative estimate of drug-likeness (QED) is 0.762. The van der Waals surface area contributed by atoms with Crippen molar-refractivity contribution in [3.8, 4) is 0 Å². The third kappa shape index (κ3) is 3.26. The van der Waals surface area contributed by atoms with Crippen molar-refractivity contribution in [1.29, 1.82) is 0 Å². The largest absolute Gasteiger partial charge is 0.465 e. The molecule has 80 valence electrons. The second-order valence-electron chi connectivity index (χ2n) is 2.99. The van der Waals surface area contributed by atoms with E-state index in [0.717, 1.165) is 0 Å². The predicted molar refractivity (Wildman–Crippen MR) is 61.5 cm³/mol. The van der Waals surface area contributed by atoms with Crippen LogP contribution in [-0.4, -0.2) is 13.1 Å². The molecule has 0 atom stereocenters. The Hall–Kier alpha value is -0.990. The van der Waals surface area contributed by atoms with Crippen LogP contribution < -0.4 is 0 Å². The first-order valence-electron chi connectivity index (χ1n) is 4.24. The standard InChI is InChI=1S/C11H10Cl2O2/c1-7(12)5-8-6-9(13)3-4-10(8)11(14)15-2/h3-4,6H,1,5H2,2H3. The van der Waals surface area contributed by atoms with E-state index in [2.05, 4.69) is 11.3 Å². The molecular formula is C11H10Cl2O2. The minimum absolute atomic E-state index is 0.395. The molecule has 0 heterocycles. The summed E-state index contributed by atoms with van der Waals surface area (Å²) in [5.41, 5.74) is 1.18. The minimum Gasteiger partial charge on any atom is -0.465 e. The lowest BCUT2D eigenvalue weighted by atomic mass is 10.0. The average Bonchev–Trinajstić information content (AvgIpc) is 2.16. The van der Waals surface area contributed by atoms with Gasteiger partial charge >= 0.3 is 5.97 Å². The predicted octanol–water partition coefficient (Wildman–Crippen LogP) is 3.42. The molecule has 0 spiro atoms. The first kappa shape index (κ1) is 12.1. The number of hydrogen-bond donors (Lipinski definition) is 0. The van der Waals surface area contributed by atoms with Gasteiger partial charge in [-0.05, 0) is 23.8 Å². The second-order valence-corrected chi connectivity index (χ2v) is 3.96. The number of esters is 1. The van der Waals surface area contributed by atoms with Crippen molar-refractivity contribution >= 4 is 29.2 Å². The summed E-state index contributed by atoms with van der Waals surface area (Å²) in [7, 11) is 1.33. The first-order valence-corrected chi connectivity index (χ1v) is 5.00. The van der Waals surface area contributed by atoms with Gasteiger partial charge in [-0.1, -0.05) is 29.8 Å². The highest BCUT2D eigenvalue weighted by molar-refractivity contribution is 6.31. The van der Waals surface area contributed by atoms with Gasteiger partial charge in [0.15, 0.2) is 0 Å². The Balaban J connectivity index is 3.13. The summed E-state index contributed by atoms with van der Waals surface area (Å²) in [5, 5.41) is 0.998. The van der Waals surface area contributed by atoms with Gasteiger partial charge in [-0.25, -0.2) is 4.79 Å². The van der Waals surface area contributed by atoms with Crippen molar-refractivity contribution in [3.63, 3.8) is 0 Å². The van der Waals surface area contributed by atoms with Crippen molar-refractivity contribution in [3.05, 3.63) is 46.0 Å². The smallest absolute Gasteiger partial charge is 0.338 e. The molecule has 0 aromatic heterocycles. The van der Waals surface area contributed by atoms with Gasteiger partial charge in [-0.3, -0.25) is 0 Å². The number of allylic oxidation sites excluding steroid dienone is 1. The van der Waals surface area contributed by atoms with Crippen molar-refractivity contribution in [2.45, 2.75) is 6.42 Å². The first-order chi connectivity index (χ1) is 7.04. The maximum absolute atomic E-state index is 11.4. The van der Waals surface area contributed by atoms with Crippen molar-refractivity contribution in [1.82, 2.24) is 0 Å². The van der Waals surface area contributed by atoms with Crippen LogP contribution in [-0.2, 0) is 11.2 Å². The number of ether oxygens (including phenoxy) is 1. The second kappa shape index (κ2) is 5.19. The Bertz CT molecular complexity index is 400. The molecule has 0 amide bonds. The van der Waals surface area contributed by atoms with E-state index in [0.29, 0.717) is 27.6 Å². The number of rotatable bonds is 3. The van der Waals surface area contributed by atoms with Gasteiger partial charge in [-0.15, -0.1) is 0 Å². The lowest BCUT2D eigenvalue weighted by Gasteiger charge is -2.07. The lowest BCUT2D eigenvalue weighted by molar-refractivity contribution is 0.0599. The van der Waals surface area contributed by atoms with Crippen LogP contribution in [0.2, 0.25) is 5.02 Å². The zero-order valence-corrected chi connectivity index (χ0v) is 9.73. The van der Waals surface area contributed by atoms with Gasteiger partial charge in [0, 0.05) is 16.5 Å². The Morgan fingerprint density at radius 2 is 2.20 bits per heavy atom. The zero-order chi connectivity index (χ0) is 11.4. The molecule has 0 aliphatic carbocycles. The Kier molecular flexibility index (Phi) is 4.18. The van der Waals surface area contributed by atoms with Crippen LogP contribution in [0.15, 0.2) is 29.8 Å². The van der Waals surface area contributed by atoms with Crippen molar-refractivity contribution < 1.29 is 9.53 Å². The fourth-order valence-electron chi connectivity index (χ4n) is 1.22. The topological polar surface area (TPSA) is 26.3 Å². The summed E-state index contributed by atoms with van der Waals surface area (Å²) in [6, 6.07) is 4.93. The third-order valence-electron chi connectivity index (χ3n) is 1.85. The maximum Gasteiger partial charge on any atom is 0.338 e. The highest BCUT2D eigenvalue weighted by atomic mass is 35.5. The van der Waals surface area contributed by atoms with Crippen LogP contribution in [0.5, 0.6) is 0 Å². The number of hydrogen-bond acceptors (Lipinski definition) is 2. The summed E-state index contributed by atoms with van der Waals surface area (Å²) >= 11 is 11.5. The number of methoxy groups -OCH3 is 1. The Labute approximate surface area is 98.4 Å². The molecule has 1 aromatic carbocycles. The van der Waals surface area contributed by atoms with Crippen molar-refractivity contribution in [2.24, 2.45) is 0 Å². The van der Waals surface area contributed by atoms with Crippen LogP contribution in [0.25, 0.3) is 0 Å². The highest BCUT2D eigenvalue weighted by Crippen LogP contribution is 2.20. The molecule has 0 saturated carbocycles. The third-order valence-corrected chi connectivity index (χ3v) is 2.22. The summed E-state index contributed by atoms with van der Waals surface area (Å²) in [5.74, 6) is -0.403. The van der Waals surface area contributed by atoms with E-state index in [4.69, 9.17) is 23.2 Å². The molecule has 2 nitrogen and oxygen atoms in total. The van der Waals surface area contributed by atoms with Crippen LogP contribution in [0, 0.1) is 0 Å². The monoisotopic (exact) mass is 244 g/mol. The number of benzene rings is 1. The molecule has 1 aromatic rings. The van der Waals surface area contributed by atoms with E-state index in [1.54, 1.807) is 18.2 Å². The van der Waals surface area contributed by atoms with Crippen molar-refractivity contribution in [2.75, 3.05) is 7.11 Å². The van der Waals surface area contributed by atoms with Gasteiger partial charge in [0.1, 0.15) is 0 Å². The van der Waals surface area contributed by atoms with E-state index in [-0.39, 0.29) is 0 Å². The fourth-order valence-corrected chi connectivity index (χ4v) is 1.56.